The third-order valence-electron chi connectivity index (χ3n) is 3.12. The zero-order chi connectivity index (χ0) is 14.7. The summed E-state index contributed by atoms with van der Waals surface area (Å²) in [6, 6.07) is -0.0302. The lowest BCUT2D eigenvalue weighted by molar-refractivity contribution is -0.151. The second-order valence-electron chi connectivity index (χ2n) is 6.03. The smallest absolute Gasteiger partial charge is 0.321 e. The van der Waals surface area contributed by atoms with Gasteiger partial charge in [0.05, 0.1) is 5.25 Å². The molecule has 2 unspecified atom stereocenters. The van der Waals surface area contributed by atoms with Crippen LogP contribution in [0.1, 0.15) is 47.0 Å². The number of carbonyl (C=O) groups is 1. The Morgan fingerprint density at radius 1 is 1.32 bits per heavy atom. The standard InChI is InChI=1S/C13H25NO4S/c1-5-14-10-7-6-8-11(10)19(16,17)9-12(15)18-13(2,3)4/h10-11,14H,5-9H2,1-4H3. The average molecular weight is 291 g/mol. The van der Waals surface area contributed by atoms with E-state index in [-0.39, 0.29) is 6.04 Å². The van der Waals surface area contributed by atoms with Gasteiger partial charge in [-0.05, 0) is 40.2 Å². The topological polar surface area (TPSA) is 72.5 Å². The Labute approximate surface area is 116 Å². The van der Waals surface area contributed by atoms with Gasteiger partial charge in [0.25, 0.3) is 0 Å². The minimum atomic E-state index is -3.44. The maximum atomic E-state index is 12.3. The third-order valence-corrected chi connectivity index (χ3v) is 5.24. The molecule has 1 fully saturated rings. The molecular formula is C13H25NO4S. The first kappa shape index (κ1) is 16.4. The summed E-state index contributed by atoms with van der Waals surface area (Å²) in [5.41, 5.74) is -0.649. The van der Waals surface area contributed by atoms with E-state index in [4.69, 9.17) is 4.74 Å². The number of ether oxygens (including phenoxy) is 1. The van der Waals surface area contributed by atoms with E-state index in [0.717, 1.165) is 19.4 Å². The van der Waals surface area contributed by atoms with Crippen LogP contribution in [0, 0.1) is 0 Å². The van der Waals surface area contributed by atoms with E-state index in [2.05, 4.69) is 5.32 Å². The summed E-state index contributed by atoms with van der Waals surface area (Å²) in [6.45, 7) is 7.89. The Hall–Kier alpha value is -0.620. The molecule has 1 aliphatic carbocycles. The predicted molar refractivity (Wildman–Crippen MR) is 74.7 cm³/mol. The van der Waals surface area contributed by atoms with Crippen molar-refractivity contribution >= 4 is 15.8 Å². The number of carbonyl (C=O) groups excluding carboxylic acids is 1. The molecule has 112 valence electrons. The Morgan fingerprint density at radius 3 is 2.47 bits per heavy atom. The molecule has 1 saturated carbocycles. The molecule has 0 radical (unpaired) electrons. The SMILES string of the molecule is CCNC1CCCC1S(=O)(=O)CC(=O)OC(C)(C)C. The van der Waals surface area contributed by atoms with Crippen LogP contribution >= 0.6 is 0 Å². The highest BCUT2D eigenvalue weighted by atomic mass is 32.2. The van der Waals surface area contributed by atoms with E-state index in [0.29, 0.717) is 6.42 Å². The van der Waals surface area contributed by atoms with E-state index in [1.165, 1.54) is 0 Å². The largest absolute Gasteiger partial charge is 0.459 e. The monoisotopic (exact) mass is 291 g/mol. The molecule has 0 aliphatic heterocycles. The van der Waals surface area contributed by atoms with Crippen molar-refractivity contribution in [3.8, 4) is 0 Å². The number of rotatable bonds is 5. The maximum Gasteiger partial charge on any atom is 0.321 e. The number of esters is 1. The van der Waals surface area contributed by atoms with Crippen LogP contribution in [-0.2, 0) is 19.4 Å². The van der Waals surface area contributed by atoms with E-state index < -0.39 is 32.4 Å². The number of hydrogen-bond acceptors (Lipinski definition) is 5. The van der Waals surface area contributed by atoms with Crippen molar-refractivity contribution in [2.75, 3.05) is 12.3 Å². The third kappa shape index (κ3) is 5.10. The quantitative estimate of drug-likeness (QED) is 0.772. The molecule has 19 heavy (non-hydrogen) atoms. The van der Waals surface area contributed by atoms with Crippen LogP contribution in [0.4, 0.5) is 0 Å². The lowest BCUT2D eigenvalue weighted by Gasteiger charge is -2.22. The summed E-state index contributed by atoms with van der Waals surface area (Å²) in [5.74, 6) is -1.17. The van der Waals surface area contributed by atoms with Crippen LogP contribution in [0.2, 0.25) is 0 Å². The molecule has 0 aromatic carbocycles. The van der Waals surface area contributed by atoms with E-state index in [1.54, 1.807) is 20.8 Å². The lowest BCUT2D eigenvalue weighted by atomic mass is 10.2. The number of hydrogen-bond donors (Lipinski definition) is 1. The average Bonchev–Trinajstić information content (AvgIpc) is 2.62. The van der Waals surface area contributed by atoms with Crippen molar-refractivity contribution in [3.63, 3.8) is 0 Å². The van der Waals surface area contributed by atoms with E-state index >= 15 is 0 Å². The molecule has 1 N–H and O–H groups in total. The van der Waals surface area contributed by atoms with Gasteiger partial charge in [0.1, 0.15) is 11.4 Å². The van der Waals surface area contributed by atoms with Gasteiger partial charge in [-0.3, -0.25) is 4.79 Å². The highest BCUT2D eigenvalue weighted by Crippen LogP contribution is 2.26. The fraction of sp³-hybridized carbons (Fsp3) is 0.923. The Kier molecular flexibility index (Phi) is 5.38. The molecule has 0 aromatic rings. The molecule has 0 heterocycles. The van der Waals surface area contributed by atoms with Crippen LogP contribution in [0.15, 0.2) is 0 Å². The molecule has 0 saturated heterocycles. The molecule has 0 aromatic heterocycles. The zero-order valence-electron chi connectivity index (χ0n) is 12.2. The minimum Gasteiger partial charge on any atom is -0.459 e. The van der Waals surface area contributed by atoms with Crippen LogP contribution < -0.4 is 5.32 Å². The molecule has 2 atom stereocenters. The molecule has 0 spiro atoms. The van der Waals surface area contributed by atoms with Gasteiger partial charge in [-0.2, -0.15) is 0 Å². The number of nitrogens with one attached hydrogen (secondary N) is 1. The van der Waals surface area contributed by atoms with E-state index in [9.17, 15) is 13.2 Å². The fourth-order valence-corrected chi connectivity index (χ4v) is 4.35. The summed E-state index contributed by atoms with van der Waals surface area (Å²) in [6.07, 6.45) is 2.37. The maximum absolute atomic E-state index is 12.3. The molecule has 5 nitrogen and oxygen atoms in total. The van der Waals surface area contributed by atoms with Gasteiger partial charge in [0, 0.05) is 6.04 Å². The van der Waals surface area contributed by atoms with Crippen molar-refractivity contribution in [1.82, 2.24) is 5.32 Å². The van der Waals surface area contributed by atoms with Crippen molar-refractivity contribution in [2.24, 2.45) is 0 Å². The fourth-order valence-electron chi connectivity index (χ4n) is 2.49. The normalized spacial score (nSPS) is 24.4. The van der Waals surface area contributed by atoms with E-state index in [1.807, 2.05) is 6.92 Å². The summed E-state index contributed by atoms with van der Waals surface area (Å²) < 4.78 is 29.6. The molecule has 0 bridgehead atoms. The van der Waals surface area contributed by atoms with Gasteiger partial charge in [-0.1, -0.05) is 13.3 Å². The van der Waals surface area contributed by atoms with Crippen molar-refractivity contribution in [3.05, 3.63) is 0 Å². The van der Waals surface area contributed by atoms with Crippen molar-refractivity contribution in [1.29, 1.82) is 0 Å². The Morgan fingerprint density at radius 2 is 1.95 bits per heavy atom. The highest BCUT2D eigenvalue weighted by molar-refractivity contribution is 7.92. The summed E-state index contributed by atoms with van der Waals surface area (Å²) in [4.78, 5) is 11.7. The van der Waals surface area contributed by atoms with Crippen LogP contribution in [0.3, 0.4) is 0 Å². The molecule has 0 amide bonds. The van der Waals surface area contributed by atoms with Gasteiger partial charge >= 0.3 is 5.97 Å². The summed E-state index contributed by atoms with van der Waals surface area (Å²) >= 11 is 0. The first-order chi connectivity index (χ1) is 8.65. The second kappa shape index (κ2) is 6.22. The molecular weight excluding hydrogens is 266 g/mol. The summed E-state index contributed by atoms with van der Waals surface area (Å²) in [5, 5.41) is 2.73. The number of sulfone groups is 1. The van der Waals surface area contributed by atoms with Gasteiger partial charge in [0.2, 0.25) is 0 Å². The lowest BCUT2D eigenvalue weighted by Crippen LogP contribution is -2.43. The van der Waals surface area contributed by atoms with Crippen molar-refractivity contribution in [2.45, 2.75) is 63.9 Å². The second-order valence-corrected chi connectivity index (χ2v) is 8.25. The van der Waals surface area contributed by atoms with Crippen LogP contribution in [0.5, 0.6) is 0 Å². The van der Waals surface area contributed by atoms with Gasteiger partial charge < -0.3 is 10.1 Å². The van der Waals surface area contributed by atoms with Gasteiger partial charge in [-0.25, -0.2) is 8.42 Å². The van der Waals surface area contributed by atoms with Gasteiger partial charge in [0.15, 0.2) is 9.84 Å². The van der Waals surface area contributed by atoms with Crippen LogP contribution in [-0.4, -0.2) is 43.6 Å². The predicted octanol–water partition coefficient (Wildman–Crippen LogP) is 1.27. The molecule has 6 heteroatoms. The van der Waals surface area contributed by atoms with Crippen LogP contribution in [0.25, 0.3) is 0 Å². The minimum absolute atomic E-state index is 0.0302. The molecule has 1 aliphatic rings. The Bertz CT molecular complexity index is 411. The first-order valence-electron chi connectivity index (χ1n) is 6.82. The zero-order valence-corrected chi connectivity index (χ0v) is 13.0. The highest BCUT2D eigenvalue weighted by Gasteiger charge is 2.38. The summed E-state index contributed by atoms with van der Waals surface area (Å²) in [7, 11) is -3.44. The molecule has 1 rings (SSSR count). The van der Waals surface area contributed by atoms with Gasteiger partial charge in [-0.15, -0.1) is 0 Å². The van der Waals surface area contributed by atoms with Crippen molar-refractivity contribution < 1.29 is 17.9 Å². The Balaban J connectivity index is 2.68. The first-order valence-corrected chi connectivity index (χ1v) is 8.54.